The van der Waals surface area contributed by atoms with Crippen molar-refractivity contribution in [1.82, 2.24) is 14.9 Å². The van der Waals surface area contributed by atoms with Gasteiger partial charge in [-0.25, -0.2) is 4.98 Å². The summed E-state index contributed by atoms with van der Waals surface area (Å²) < 4.78 is 7.78. The molecule has 0 spiro atoms. The number of hydrogen-bond donors (Lipinski definition) is 1. The minimum absolute atomic E-state index is 0.114. The highest BCUT2D eigenvalue weighted by atomic mass is 16.5. The molecule has 0 fully saturated rings. The Morgan fingerprint density at radius 2 is 2.21 bits per heavy atom. The maximum atomic E-state index is 12.1. The molecule has 0 radical (unpaired) electrons. The fourth-order valence-electron chi connectivity index (χ4n) is 3.10. The van der Waals surface area contributed by atoms with Gasteiger partial charge in [0.15, 0.2) is 0 Å². The van der Waals surface area contributed by atoms with E-state index in [-0.39, 0.29) is 11.9 Å². The van der Waals surface area contributed by atoms with Crippen LogP contribution >= 0.6 is 0 Å². The van der Waals surface area contributed by atoms with Crippen molar-refractivity contribution in [1.29, 1.82) is 0 Å². The smallest absolute Gasteiger partial charge is 0.220 e. The molecule has 1 amide bonds. The number of aromatic nitrogens is 2. The van der Waals surface area contributed by atoms with Crippen molar-refractivity contribution in [3.63, 3.8) is 0 Å². The molecule has 1 aliphatic rings. The molecule has 2 heterocycles. The molecule has 0 aliphatic carbocycles. The van der Waals surface area contributed by atoms with Gasteiger partial charge in [0.2, 0.25) is 5.91 Å². The first-order valence-electron chi connectivity index (χ1n) is 8.64. The molecule has 5 nitrogen and oxygen atoms in total. The number of amides is 1. The van der Waals surface area contributed by atoms with E-state index in [2.05, 4.69) is 21.1 Å². The summed E-state index contributed by atoms with van der Waals surface area (Å²) in [4.78, 5) is 16.6. The average molecular weight is 327 g/mol. The molecule has 0 saturated heterocycles. The molecule has 1 unspecified atom stereocenters. The summed E-state index contributed by atoms with van der Waals surface area (Å²) in [5, 5.41) is 3.13. The second-order valence-corrected chi connectivity index (χ2v) is 6.40. The molecule has 1 aromatic carbocycles. The fraction of sp³-hybridized carbons (Fsp3) is 0.474. The number of aryl methyl sites for hydroxylation is 2. The maximum absolute atomic E-state index is 12.1. The molecular formula is C19H25N3O2. The van der Waals surface area contributed by atoms with Crippen molar-refractivity contribution in [3.05, 3.63) is 53.6 Å². The van der Waals surface area contributed by atoms with Crippen molar-refractivity contribution in [2.75, 3.05) is 6.61 Å². The van der Waals surface area contributed by atoms with E-state index in [1.807, 2.05) is 37.3 Å². The number of ether oxygens (including phenoxy) is 1. The standard InChI is InChI=1S/C19H25N3O2/c1-15-12-22-13-17(9-10-18(22)20-15)21-19(23)8-5-11-24-14-16-6-3-2-4-7-16/h2-4,6-7,12,17H,5,8-11,13-14H2,1H3,(H,21,23). The zero-order valence-corrected chi connectivity index (χ0v) is 14.2. The molecule has 1 atom stereocenters. The third-order valence-corrected chi connectivity index (χ3v) is 4.28. The van der Waals surface area contributed by atoms with Gasteiger partial charge in [0.1, 0.15) is 5.82 Å². The lowest BCUT2D eigenvalue weighted by molar-refractivity contribution is -0.122. The van der Waals surface area contributed by atoms with Gasteiger partial charge in [-0.2, -0.15) is 0 Å². The van der Waals surface area contributed by atoms with Crippen LogP contribution in [-0.2, 0) is 29.1 Å². The zero-order valence-electron chi connectivity index (χ0n) is 14.2. The molecule has 0 saturated carbocycles. The minimum Gasteiger partial charge on any atom is -0.377 e. The van der Waals surface area contributed by atoms with E-state index in [0.717, 1.165) is 42.9 Å². The largest absolute Gasteiger partial charge is 0.377 e. The normalized spacial score (nSPS) is 16.6. The quantitative estimate of drug-likeness (QED) is 0.795. The Balaban J connectivity index is 1.32. The van der Waals surface area contributed by atoms with Crippen molar-refractivity contribution in [2.45, 2.75) is 51.8 Å². The number of imidazole rings is 1. The number of rotatable bonds is 7. The summed E-state index contributed by atoms with van der Waals surface area (Å²) in [6.45, 7) is 4.05. The summed E-state index contributed by atoms with van der Waals surface area (Å²) >= 11 is 0. The Kier molecular flexibility index (Phi) is 5.64. The summed E-state index contributed by atoms with van der Waals surface area (Å²) in [5.74, 6) is 1.25. The lowest BCUT2D eigenvalue weighted by Gasteiger charge is -2.24. The van der Waals surface area contributed by atoms with Crippen LogP contribution in [0.15, 0.2) is 36.5 Å². The molecule has 5 heteroatoms. The number of nitrogens with zero attached hydrogens (tertiary/aromatic N) is 2. The van der Waals surface area contributed by atoms with Gasteiger partial charge < -0.3 is 14.6 Å². The first kappa shape index (κ1) is 16.7. The molecule has 2 aromatic rings. The second-order valence-electron chi connectivity index (χ2n) is 6.40. The summed E-state index contributed by atoms with van der Waals surface area (Å²) in [6.07, 6.45) is 5.22. The van der Waals surface area contributed by atoms with Gasteiger partial charge in [0, 0.05) is 38.2 Å². The van der Waals surface area contributed by atoms with Crippen molar-refractivity contribution in [3.8, 4) is 0 Å². The van der Waals surface area contributed by atoms with E-state index >= 15 is 0 Å². The molecule has 3 rings (SSSR count). The lowest BCUT2D eigenvalue weighted by atomic mass is 10.1. The number of nitrogens with one attached hydrogen (secondary N) is 1. The third kappa shape index (κ3) is 4.68. The highest BCUT2D eigenvalue weighted by molar-refractivity contribution is 5.76. The zero-order chi connectivity index (χ0) is 16.8. The predicted octanol–water partition coefficient (Wildman–Crippen LogP) is 2.62. The van der Waals surface area contributed by atoms with E-state index in [0.29, 0.717) is 19.6 Å². The summed E-state index contributed by atoms with van der Waals surface area (Å²) in [7, 11) is 0. The van der Waals surface area contributed by atoms with E-state index in [1.54, 1.807) is 0 Å². The van der Waals surface area contributed by atoms with Gasteiger partial charge in [0.25, 0.3) is 0 Å². The van der Waals surface area contributed by atoms with Crippen molar-refractivity contribution in [2.24, 2.45) is 0 Å². The fourth-order valence-corrected chi connectivity index (χ4v) is 3.10. The van der Waals surface area contributed by atoms with E-state index in [1.165, 1.54) is 0 Å². The number of carbonyl (C=O) groups is 1. The Morgan fingerprint density at radius 3 is 3.04 bits per heavy atom. The summed E-state index contributed by atoms with van der Waals surface area (Å²) in [6, 6.07) is 10.3. The monoisotopic (exact) mass is 327 g/mol. The van der Waals surface area contributed by atoms with Gasteiger partial charge in [-0.15, -0.1) is 0 Å². The first-order valence-corrected chi connectivity index (χ1v) is 8.64. The number of fused-ring (bicyclic) bond motifs is 1. The highest BCUT2D eigenvalue weighted by Gasteiger charge is 2.20. The maximum Gasteiger partial charge on any atom is 0.220 e. The van der Waals surface area contributed by atoms with E-state index in [4.69, 9.17) is 4.74 Å². The second kappa shape index (κ2) is 8.11. The Bertz CT molecular complexity index is 667. The average Bonchev–Trinajstić information content (AvgIpc) is 2.95. The Morgan fingerprint density at radius 1 is 1.38 bits per heavy atom. The van der Waals surface area contributed by atoms with Gasteiger partial charge in [-0.05, 0) is 25.3 Å². The molecule has 1 N–H and O–H groups in total. The van der Waals surface area contributed by atoms with Crippen LogP contribution in [0.1, 0.15) is 36.3 Å². The van der Waals surface area contributed by atoms with Crippen LogP contribution < -0.4 is 5.32 Å². The molecular weight excluding hydrogens is 302 g/mol. The number of benzene rings is 1. The van der Waals surface area contributed by atoms with Crippen LogP contribution in [0.4, 0.5) is 0 Å². The first-order chi connectivity index (χ1) is 11.7. The van der Waals surface area contributed by atoms with Gasteiger partial charge >= 0.3 is 0 Å². The summed E-state index contributed by atoms with van der Waals surface area (Å²) in [5.41, 5.74) is 2.21. The predicted molar refractivity (Wildman–Crippen MR) is 92.5 cm³/mol. The van der Waals surface area contributed by atoms with Crippen molar-refractivity contribution >= 4 is 5.91 Å². The topological polar surface area (TPSA) is 56.2 Å². The van der Waals surface area contributed by atoms with Crippen LogP contribution in [0.3, 0.4) is 0 Å². The van der Waals surface area contributed by atoms with Crippen LogP contribution in [0, 0.1) is 6.92 Å². The van der Waals surface area contributed by atoms with Crippen LogP contribution in [0.25, 0.3) is 0 Å². The van der Waals surface area contributed by atoms with E-state index < -0.39 is 0 Å². The molecule has 1 aliphatic heterocycles. The Labute approximate surface area is 143 Å². The van der Waals surface area contributed by atoms with Gasteiger partial charge in [-0.3, -0.25) is 4.79 Å². The van der Waals surface area contributed by atoms with Gasteiger partial charge in [0.05, 0.1) is 12.3 Å². The minimum atomic E-state index is 0.114. The van der Waals surface area contributed by atoms with Crippen LogP contribution in [0.5, 0.6) is 0 Å². The van der Waals surface area contributed by atoms with Crippen LogP contribution in [0.2, 0.25) is 0 Å². The highest BCUT2D eigenvalue weighted by Crippen LogP contribution is 2.15. The molecule has 128 valence electrons. The van der Waals surface area contributed by atoms with Crippen LogP contribution in [-0.4, -0.2) is 28.1 Å². The molecule has 1 aromatic heterocycles. The van der Waals surface area contributed by atoms with Gasteiger partial charge in [-0.1, -0.05) is 30.3 Å². The molecule has 24 heavy (non-hydrogen) atoms. The number of hydrogen-bond acceptors (Lipinski definition) is 3. The third-order valence-electron chi connectivity index (χ3n) is 4.28. The SMILES string of the molecule is Cc1cn2c(n1)CCC(NC(=O)CCCOCc1ccccc1)C2. The van der Waals surface area contributed by atoms with E-state index in [9.17, 15) is 4.79 Å². The molecule has 0 bridgehead atoms. The van der Waals surface area contributed by atoms with Crippen molar-refractivity contribution < 1.29 is 9.53 Å². The lowest BCUT2D eigenvalue weighted by Crippen LogP contribution is -2.40. The Hall–Kier alpha value is -2.14. The number of carbonyl (C=O) groups excluding carboxylic acids is 1.